The fraction of sp³-hybridized carbons (Fsp3) is 0.593. The molecule has 2 heterocycles. The van der Waals surface area contributed by atoms with Crippen LogP contribution in [0.2, 0.25) is 0 Å². The molecule has 1 aromatic heterocycles. The summed E-state index contributed by atoms with van der Waals surface area (Å²) in [6.45, 7) is 0.893. The lowest BCUT2D eigenvalue weighted by molar-refractivity contribution is -0.141. The van der Waals surface area contributed by atoms with E-state index in [2.05, 4.69) is 20.6 Å². The number of rotatable bonds is 11. The molecular weight excluding hydrogens is 502 g/mol. The number of likely N-dealkylation sites (tertiary alicyclic amines) is 1. The topological polar surface area (TPSA) is 156 Å². The number of para-hydroxylation sites is 1. The molecule has 1 saturated carbocycles. The van der Waals surface area contributed by atoms with Gasteiger partial charge in [-0.2, -0.15) is 0 Å². The van der Waals surface area contributed by atoms with Crippen molar-refractivity contribution in [3.63, 3.8) is 0 Å². The Hall–Kier alpha value is -3.05. The van der Waals surface area contributed by atoms with Gasteiger partial charge >= 0.3 is 0 Å². The molecule has 6 N–H and O–H groups in total. The van der Waals surface area contributed by atoms with E-state index < -0.39 is 12.1 Å². The number of aromatic nitrogens is 1. The van der Waals surface area contributed by atoms with E-state index in [1.807, 2.05) is 31.3 Å². The van der Waals surface area contributed by atoms with E-state index in [-0.39, 0.29) is 35.5 Å². The molecule has 2 aliphatic rings. The summed E-state index contributed by atoms with van der Waals surface area (Å²) in [5.74, 6) is -0.278. The molecular formula is C27H39N7O3S. The second-order valence-electron chi connectivity index (χ2n) is 10.2. The molecule has 2 fully saturated rings. The third kappa shape index (κ3) is 6.68. The summed E-state index contributed by atoms with van der Waals surface area (Å²) in [5, 5.41) is 6.54. The van der Waals surface area contributed by atoms with E-state index in [0.29, 0.717) is 37.4 Å². The number of aliphatic imine (C=N–C) groups is 1. The van der Waals surface area contributed by atoms with Gasteiger partial charge in [-0.3, -0.25) is 19.4 Å². The van der Waals surface area contributed by atoms with Gasteiger partial charge in [-0.1, -0.05) is 31.4 Å². The lowest BCUT2D eigenvalue weighted by atomic mass is 9.83. The number of Topliss-reactive ketones (excluding diaryl/α,β-unsaturated/α-hetero) is 1. The van der Waals surface area contributed by atoms with Crippen LogP contribution in [0.3, 0.4) is 0 Å². The first-order valence-corrected chi connectivity index (χ1v) is 14.4. The van der Waals surface area contributed by atoms with Gasteiger partial charge in [-0.15, -0.1) is 11.3 Å². The Morgan fingerprint density at radius 3 is 2.61 bits per heavy atom. The van der Waals surface area contributed by atoms with Gasteiger partial charge in [-0.05, 0) is 63.6 Å². The fourth-order valence-corrected chi connectivity index (χ4v) is 6.64. The van der Waals surface area contributed by atoms with Gasteiger partial charge in [-0.25, -0.2) is 4.98 Å². The summed E-state index contributed by atoms with van der Waals surface area (Å²) < 4.78 is 0.912. The van der Waals surface area contributed by atoms with Crippen molar-refractivity contribution in [2.24, 2.45) is 22.4 Å². The number of fused-ring (bicyclic) bond motifs is 1. The summed E-state index contributed by atoms with van der Waals surface area (Å²) in [4.78, 5) is 50.9. The van der Waals surface area contributed by atoms with Gasteiger partial charge in [0.2, 0.25) is 17.6 Å². The number of benzene rings is 1. The Morgan fingerprint density at radius 2 is 1.89 bits per heavy atom. The van der Waals surface area contributed by atoms with E-state index >= 15 is 0 Å². The lowest BCUT2D eigenvalue weighted by Gasteiger charge is -2.34. The van der Waals surface area contributed by atoms with E-state index in [9.17, 15) is 14.4 Å². The normalized spacial score (nSPS) is 19.7. The lowest BCUT2D eigenvalue weighted by Crippen LogP contribution is -2.56. The first-order chi connectivity index (χ1) is 18.4. The Kier molecular flexibility index (Phi) is 9.68. The number of nitrogens with zero attached hydrogens (tertiary/aromatic N) is 3. The minimum atomic E-state index is -0.784. The van der Waals surface area contributed by atoms with Crippen LogP contribution >= 0.6 is 11.3 Å². The number of carbonyl (C=O) groups excluding carboxylic acids is 3. The second-order valence-corrected chi connectivity index (χ2v) is 11.2. The zero-order chi connectivity index (χ0) is 27.1. The number of amides is 2. The summed E-state index contributed by atoms with van der Waals surface area (Å²) in [5.41, 5.74) is 11.6. The third-order valence-corrected chi connectivity index (χ3v) is 8.67. The average molecular weight is 542 g/mol. The van der Waals surface area contributed by atoms with Crippen molar-refractivity contribution in [3.05, 3.63) is 29.3 Å². The van der Waals surface area contributed by atoms with Gasteiger partial charge in [0.05, 0.1) is 22.3 Å². The van der Waals surface area contributed by atoms with Crippen LogP contribution in [-0.2, 0) is 9.59 Å². The molecule has 1 aliphatic heterocycles. The maximum atomic E-state index is 13.6. The highest BCUT2D eigenvalue weighted by Crippen LogP contribution is 2.29. The van der Waals surface area contributed by atoms with Crippen LogP contribution in [0.25, 0.3) is 10.2 Å². The third-order valence-electron chi connectivity index (χ3n) is 7.62. The van der Waals surface area contributed by atoms with E-state index in [0.717, 1.165) is 42.3 Å². The standard InChI is InChI=1S/C27H39N7O3S/c1-30-22(17-9-3-2-4-10-17)26(37)34-16-8-13-20(34)24(36)32-19(12-7-15-31-27(28)29)23(35)25-33-18-11-5-6-14-21(18)38-25/h5-6,11,14,17,19-20,22,30H,2-4,7-10,12-13,15-16H2,1H3,(H,32,36)(H4,28,29,31)/t19?,20-,22+/m0/s1. The molecule has 2 aromatic rings. The minimum absolute atomic E-state index is 0.0137. The highest BCUT2D eigenvalue weighted by atomic mass is 32.1. The van der Waals surface area contributed by atoms with Crippen LogP contribution < -0.4 is 22.1 Å². The Labute approximate surface area is 227 Å². The molecule has 3 atom stereocenters. The van der Waals surface area contributed by atoms with Crippen LogP contribution in [0.4, 0.5) is 0 Å². The predicted octanol–water partition coefficient (Wildman–Crippen LogP) is 2.18. The zero-order valence-electron chi connectivity index (χ0n) is 22.0. The molecule has 1 saturated heterocycles. The molecule has 1 aliphatic carbocycles. The summed E-state index contributed by atoms with van der Waals surface area (Å²) in [6.07, 6.45) is 7.73. The monoisotopic (exact) mass is 541 g/mol. The number of nitrogens with two attached hydrogens (primary N) is 2. The van der Waals surface area contributed by atoms with Crippen molar-refractivity contribution in [1.29, 1.82) is 0 Å². The fourth-order valence-electron chi connectivity index (χ4n) is 5.68. The van der Waals surface area contributed by atoms with E-state index in [1.165, 1.54) is 17.8 Å². The Morgan fingerprint density at radius 1 is 1.13 bits per heavy atom. The summed E-state index contributed by atoms with van der Waals surface area (Å²) in [6, 6.07) is 5.90. The zero-order valence-corrected chi connectivity index (χ0v) is 22.8. The number of carbonyl (C=O) groups is 3. The van der Waals surface area contributed by atoms with Crippen molar-refractivity contribution in [3.8, 4) is 0 Å². The number of nitrogens with one attached hydrogen (secondary N) is 2. The second kappa shape index (κ2) is 13.1. The molecule has 0 spiro atoms. The molecule has 0 radical (unpaired) electrons. The van der Waals surface area contributed by atoms with Crippen LogP contribution in [0.1, 0.15) is 67.6 Å². The number of ketones is 1. The maximum absolute atomic E-state index is 13.6. The minimum Gasteiger partial charge on any atom is -0.370 e. The first-order valence-electron chi connectivity index (χ1n) is 13.6. The Bertz CT molecular complexity index is 1120. The van der Waals surface area contributed by atoms with Crippen molar-refractivity contribution < 1.29 is 14.4 Å². The molecule has 206 valence electrons. The highest BCUT2D eigenvalue weighted by Gasteiger charge is 2.40. The predicted molar refractivity (Wildman–Crippen MR) is 150 cm³/mol. The molecule has 38 heavy (non-hydrogen) atoms. The van der Waals surface area contributed by atoms with Crippen molar-refractivity contribution >= 4 is 45.1 Å². The van der Waals surface area contributed by atoms with Gasteiger partial charge in [0.1, 0.15) is 6.04 Å². The smallest absolute Gasteiger partial charge is 0.243 e. The summed E-state index contributed by atoms with van der Waals surface area (Å²) >= 11 is 1.31. The molecule has 4 rings (SSSR count). The van der Waals surface area contributed by atoms with Crippen LogP contribution in [0, 0.1) is 5.92 Å². The maximum Gasteiger partial charge on any atom is 0.243 e. The number of thiazole rings is 1. The summed E-state index contributed by atoms with van der Waals surface area (Å²) in [7, 11) is 1.83. The average Bonchev–Trinajstić information content (AvgIpc) is 3.58. The van der Waals surface area contributed by atoms with Gasteiger partial charge in [0.15, 0.2) is 11.0 Å². The number of hydrogen-bond donors (Lipinski definition) is 4. The highest BCUT2D eigenvalue weighted by molar-refractivity contribution is 7.20. The van der Waals surface area contributed by atoms with E-state index in [1.54, 1.807) is 4.90 Å². The SMILES string of the molecule is CN[C@@H](C(=O)N1CCC[C@H]1C(=O)NC(CCCN=C(N)N)C(=O)c1nc2ccccc2s1)C1CCCCC1. The Balaban J connectivity index is 1.48. The molecule has 1 unspecified atom stereocenters. The number of likely N-dealkylation sites (N-methyl/N-ethyl adjacent to an activating group) is 1. The largest absolute Gasteiger partial charge is 0.370 e. The van der Waals surface area contributed by atoms with Crippen LogP contribution in [-0.4, -0.2) is 71.7 Å². The van der Waals surface area contributed by atoms with Gasteiger partial charge in [0, 0.05) is 13.1 Å². The quantitative estimate of drug-likeness (QED) is 0.147. The molecule has 10 nitrogen and oxygen atoms in total. The van der Waals surface area contributed by atoms with Crippen molar-refractivity contribution in [2.75, 3.05) is 20.1 Å². The molecule has 1 aromatic carbocycles. The van der Waals surface area contributed by atoms with Crippen LogP contribution in [0.15, 0.2) is 29.3 Å². The molecule has 0 bridgehead atoms. The van der Waals surface area contributed by atoms with Crippen LogP contribution in [0.5, 0.6) is 0 Å². The van der Waals surface area contributed by atoms with E-state index in [4.69, 9.17) is 11.5 Å². The number of hydrogen-bond acceptors (Lipinski definition) is 7. The first kappa shape index (κ1) is 28.0. The van der Waals surface area contributed by atoms with Crippen molar-refractivity contribution in [1.82, 2.24) is 20.5 Å². The molecule has 11 heteroatoms. The van der Waals surface area contributed by atoms with Crippen molar-refractivity contribution in [2.45, 2.75) is 75.9 Å². The molecule has 2 amide bonds. The van der Waals surface area contributed by atoms with Gasteiger partial charge < -0.3 is 27.0 Å². The number of guanidine groups is 1. The van der Waals surface area contributed by atoms with Gasteiger partial charge in [0.25, 0.3) is 0 Å².